The number of nitrogens with two attached hydrogens (primary N) is 1. The lowest BCUT2D eigenvalue weighted by Crippen LogP contribution is -2.28. The van der Waals surface area contributed by atoms with Crippen LogP contribution in [0.5, 0.6) is 0 Å². The average Bonchev–Trinajstić information content (AvgIpc) is 2.45. The molecule has 4 nitrogen and oxygen atoms in total. The third-order valence-electron chi connectivity index (χ3n) is 2.07. The normalized spacial score (nSPS) is 20.0. The summed E-state index contributed by atoms with van der Waals surface area (Å²) in [6, 6.07) is 2.89. The molecule has 1 aliphatic rings. The van der Waals surface area contributed by atoms with Gasteiger partial charge in [0.1, 0.15) is 17.7 Å². The topological polar surface area (TPSA) is 67.5 Å². The van der Waals surface area contributed by atoms with Crippen molar-refractivity contribution in [2.75, 3.05) is 0 Å². The first-order valence-electron chi connectivity index (χ1n) is 4.17. The maximum atomic E-state index is 13.5. The minimum Gasteiger partial charge on any atom is -0.385 e. The fourth-order valence-corrected chi connectivity index (χ4v) is 1.54. The van der Waals surface area contributed by atoms with Crippen molar-refractivity contribution >= 4 is 23.5 Å². The first-order chi connectivity index (χ1) is 7.08. The van der Waals surface area contributed by atoms with Gasteiger partial charge in [-0.15, -0.1) is 0 Å². The summed E-state index contributed by atoms with van der Waals surface area (Å²) in [5.41, 5.74) is 5.73. The van der Waals surface area contributed by atoms with E-state index in [4.69, 9.17) is 17.3 Å². The Balaban J connectivity index is 2.39. The molecular weight excluding hydrogens is 221 g/mol. The van der Waals surface area contributed by atoms with Crippen LogP contribution in [0.25, 0.3) is 0 Å². The highest BCUT2D eigenvalue weighted by Gasteiger charge is 2.27. The van der Waals surface area contributed by atoms with Crippen molar-refractivity contribution < 1.29 is 9.18 Å². The van der Waals surface area contributed by atoms with E-state index in [-0.39, 0.29) is 16.4 Å². The van der Waals surface area contributed by atoms with Gasteiger partial charge in [-0.1, -0.05) is 17.7 Å². The van der Waals surface area contributed by atoms with Crippen LogP contribution in [0.1, 0.15) is 11.6 Å². The van der Waals surface area contributed by atoms with Crippen molar-refractivity contribution in [3.05, 3.63) is 34.6 Å². The molecule has 3 N–H and O–H groups in total. The minimum absolute atomic E-state index is 0.0567. The Bertz CT molecular complexity index is 461. The summed E-state index contributed by atoms with van der Waals surface area (Å²) in [6.07, 6.45) is 0. The smallest absolute Gasteiger partial charge is 0.343 e. The number of hydrogen-bond donors (Lipinski definition) is 2. The molecule has 1 aromatic rings. The number of urea groups is 1. The molecule has 2 amide bonds. The van der Waals surface area contributed by atoms with E-state index in [2.05, 4.69) is 10.3 Å². The predicted molar refractivity (Wildman–Crippen MR) is 54.3 cm³/mol. The van der Waals surface area contributed by atoms with Crippen molar-refractivity contribution in [1.29, 1.82) is 0 Å². The highest BCUT2D eigenvalue weighted by atomic mass is 35.5. The first kappa shape index (κ1) is 9.92. The van der Waals surface area contributed by atoms with Crippen LogP contribution in [0.2, 0.25) is 5.02 Å². The van der Waals surface area contributed by atoms with Gasteiger partial charge in [-0.3, -0.25) is 0 Å². The van der Waals surface area contributed by atoms with E-state index in [0.717, 1.165) is 6.07 Å². The van der Waals surface area contributed by atoms with Crippen molar-refractivity contribution in [3.8, 4) is 0 Å². The highest BCUT2D eigenvalue weighted by Crippen LogP contribution is 2.23. The van der Waals surface area contributed by atoms with Gasteiger partial charge in [0.2, 0.25) is 0 Å². The van der Waals surface area contributed by atoms with Gasteiger partial charge in [-0.25, -0.2) is 9.18 Å². The van der Waals surface area contributed by atoms with Crippen LogP contribution in [0.4, 0.5) is 9.18 Å². The van der Waals surface area contributed by atoms with E-state index < -0.39 is 17.9 Å². The first-order valence-corrected chi connectivity index (χ1v) is 4.55. The van der Waals surface area contributed by atoms with Crippen LogP contribution >= 0.6 is 11.6 Å². The molecule has 1 aliphatic heterocycles. The molecule has 0 bridgehead atoms. The Morgan fingerprint density at radius 2 is 2.27 bits per heavy atom. The minimum atomic E-state index is -0.699. The number of carbonyl (C=O) groups excluding carboxylic acids is 1. The second-order valence-electron chi connectivity index (χ2n) is 3.09. The van der Waals surface area contributed by atoms with E-state index >= 15 is 0 Å². The molecule has 6 heteroatoms. The van der Waals surface area contributed by atoms with Gasteiger partial charge in [0.05, 0.1) is 0 Å². The number of amides is 2. The summed E-state index contributed by atoms with van der Waals surface area (Å²) >= 11 is 5.60. The maximum absolute atomic E-state index is 13.5. The second-order valence-corrected chi connectivity index (χ2v) is 3.52. The Labute approximate surface area is 89.9 Å². The number of nitrogens with one attached hydrogen (secondary N) is 1. The van der Waals surface area contributed by atoms with Gasteiger partial charge in [-0.2, -0.15) is 4.99 Å². The van der Waals surface area contributed by atoms with E-state index in [0.29, 0.717) is 0 Å². The molecule has 78 valence electrons. The third kappa shape index (κ3) is 1.78. The van der Waals surface area contributed by atoms with Crippen molar-refractivity contribution in [1.82, 2.24) is 5.32 Å². The van der Waals surface area contributed by atoms with Crippen LogP contribution in [0.15, 0.2) is 23.2 Å². The molecular formula is C9H7ClFN3O. The monoisotopic (exact) mass is 227 g/mol. The predicted octanol–water partition coefficient (Wildman–Crippen LogP) is 1.60. The summed E-state index contributed by atoms with van der Waals surface area (Å²) in [6.45, 7) is 0. The quantitative estimate of drug-likeness (QED) is 0.765. The lowest BCUT2D eigenvalue weighted by atomic mass is 10.1. The number of amidine groups is 1. The molecule has 0 fully saturated rings. The zero-order valence-corrected chi connectivity index (χ0v) is 8.25. The summed E-state index contributed by atoms with van der Waals surface area (Å²) < 4.78 is 13.5. The Hall–Kier alpha value is -1.62. The fourth-order valence-electron chi connectivity index (χ4n) is 1.38. The molecule has 1 heterocycles. The van der Waals surface area contributed by atoms with Crippen molar-refractivity contribution in [2.45, 2.75) is 6.04 Å². The Morgan fingerprint density at radius 1 is 1.53 bits per heavy atom. The van der Waals surface area contributed by atoms with E-state index in [1.54, 1.807) is 0 Å². The summed E-state index contributed by atoms with van der Waals surface area (Å²) in [5.74, 6) is -0.464. The van der Waals surface area contributed by atoms with Crippen LogP contribution in [0.3, 0.4) is 0 Å². The largest absolute Gasteiger partial charge is 0.385 e. The fraction of sp³-hybridized carbons (Fsp3) is 0.111. The van der Waals surface area contributed by atoms with Crippen LogP contribution in [-0.4, -0.2) is 11.9 Å². The highest BCUT2D eigenvalue weighted by molar-refractivity contribution is 6.30. The van der Waals surface area contributed by atoms with Gasteiger partial charge in [0, 0.05) is 10.6 Å². The van der Waals surface area contributed by atoms with Crippen molar-refractivity contribution in [2.24, 2.45) is 10.7 Å². The van der Waals surface area contributed by atoms with Gasteiger partial charge in [0.25, 0.3) is 0 Å². The van der Waals surface area contributed by atoms with Gasteiger partial charge in [0.15, 0.2) is 0 Å². The van der Waals surface area contributed by atoms with E-state index in [1.807, 2.05) is 0 Å². The zero-order chi connectivity index (χ0) is 11.0. The molecule has 1 unspecified atom stereocenters. The van der Waals surface area contributed by atoms with Crippen LogP contribution in [-0.2, 0) is 0 Å². The van der Waals surface area contributed by atoms with Crippen molar-refractivity contribution in [3.63, 3.8) is 0 Å². The Kier molecular flexibility index (Phi) is 2.32. The maximum Gasteiger partial charge on any atom is 0.343 e. The number of benzene rings is 1. The summed E-state index contributed by atoms with van der Waals surface area (Å²) in [7, 11) is 0. The van der Waals surface area contributed by atoms with Crippen LogP contribution < -0.4 is 11.1 Å². The zero-order valence-electron chi connectivity index (χ0n) is 7.50. The number of halogens is 2. The molecule has 0 aromatic heterocycles. The summed E-state index contributed by atoms with van der Waals surface area (Å²) in [5, 5.41) is 2.72. The molecule has 0 spiro atoms. The number of rotatable bonds is 1. The number of carbonyl (C=O) groups is 1. The van der Waals surface area contributed by atoms with E-state index in [9.17, 15) is 9.18 Å². The molecule has 2 rings (SSSR count). The molecule has 0 saturated carbocycles. The molecule has 1 aromatic carbocycles. The lowest BCUT2D eigenvalue weighted by molar-refractivity contribution is 0.250. The summed E-state index contributed by atoms with van der Waals surface area (Å²) in [4.78, 5) is 14.3. The Morgan fingerprint density at radius 3 is 2.80 bits per heavy atom. The van der Waals surface area contributed by atoms with E-state index in [1.165, 1.54) is 12.1 Å². The molecule has 0 aliphatic carbocycles. The number of hydrogen-bond acceptors (Lipinski definition) is 2. The SMILES string of the molecule is NC1=NC(=O)NC1c1ccc(Cl)cc1F. The molecule has 15 heavy (non-hydrogen) atoms. The number of nitrogens with zero attached hydrogens (tertiary/aromatic N) is 1. The van der Waals surface area contributed by atoms with Gasteiger partial charge in [-0.05, 0) is 12.1 Å². The number of aliphatic imine (C=N–C) groups is 1. The van der Waals surface area contributed by atoms with Crippen LogP contribution in [0, 0.1) is 5.82 Å². The average molecular weight is 228 g/mol. The lowest BCUT2D eigenvalue weighted by Gasteiger charge is -2.11. The standard InChI is InChI=1S/C9H7ClFN3O/c10-4-1-2-5(6(11)3-4)7-8(12)14-9(15)13-7/h1-3,7H,(H3,12,13,14,15). The van der Waals surface area contributed by atoms with Gasteiger partial charge >= 0.3 is 6.03 Å². The molecule has 1 atom stereocenters. The third-order valence-corrected chi connectivity index (χ3v) is 2.30. The molecule has 0 radical (unpaired) electrons. The second kappa shape index (κ2) is 3.51. The van der Waals surface area contributed by atoms with Gasteiger partial charge < -0.3 is 11.1 Å². The molecule has 0 saturated heterocycles.